The van der Waals surface area contributed by atoms with Gasteiger partial charge in [0.2, 0.25) is 0 Å². The predicted octanol–water partition coefficient (Wildman–Crippen LogP) is 10.4. The SMILES string of the molecule is CCCCCCCC/C=C/CCCCCCCCCCCC(=O)OC[C@@H](COP(=O)([O-])OCC[N+](C)(C)C)OC(=O)CCCCCCCCC. The molecule has 0 bridgehead atoms. The molecule has 0 fully saturated rings. The van der Waals surface area contributed by atoms with Crippen LogP contribution in [0.5, 0.6) is 0 Å². The molecular weight excluding hydrogens is 653 g/mol. The Hall–Kier alpha value is -1.25. The number of unbranched alkanes of at least 4 members (excludes halogenated alkanes) is 21. The molecule has 0 N–H and O–H groups in total. The number of carbonyl (C=O) groups excluding carboxylic acids is 2. The first kappa shape index (κ1) is 48.8. The average Bonchev–Trinajstić information content (AvgIpc) is 3.06. The maximum absolute atomic E-state index is 12.5. The Morgan fingerprint density at radius 1 is 0.600 bits per heavy atom. The largest absolute Gasteiger partial charge is 0.756 e. The molecule has 0 amide bonds. The molecule has 0 rings (SSSR count). The number of phosphoric acid groups is 1. The van der Waals surface area contributed by atoms with Crippen LogP contribution in [-0.2, 0) is 32.7 Å². The number of allylic oxidation sites excluding steroid dienone is 2. The van der Waals surface area contributed by atoms with Crippen molar-refractivity contribution in [1.29, 1.82) is 0 Å². The molecule has 9 nitrogen and oxygen atoms in total. The van der Waals surface area contributed by atoms with E-state index >= 15 is 0 Å². The number of hydrogen-bond donors (Lipinski definition) is 0. The van der Waals surface area contributed by atoms with Crippen molar-refractivity contribution in [3.63, 3.8) is 0 Å². The van der Waals surface area contributed by atoms with Gasteiger partial charge in [0.1, 0.15) is 19.8 Å². The number of carbonyl (C=O) groups is 2. The van der Waals surface area contributed by atoms with Gasteiger partial charge in [-0.15, -0.1) is 0 Å². The maximum atomic E-state index is 12.5. The summed E-state index contributed by atoms with van der Waals surface area (Å²) in [4.78, 5) is 37.2. The molecule has 1 unspecified atom stereocenters. The van der Waals surface area contributed by atoms with Crippen LogP contribution in [0.3, 0.4) is 0 Å². The van der Waals surface area contributed by atoms with E-state index in [0.29, 0.717) is 17.4 Å². The lowest BCUT2D eigenvalue weighted by Gasteiger charge is -2.28. The lowest BCUT2D eigenvalue weighted by molar-refractivity contribution is -0.870. The fraction of sp³-hybridized carbons (Fsp3) is 0.900. The Balaban J connectivity index is 4.21. The van der Waals surface area contributed by atoms with E-state index in [1.54, 1.807) is 0 Å². The van der Waals surface area contributed by atoms with Crippen molar-refractivity contribution in [2.24, 2.45) is 0 Å². The molecule has 296 valence electrons. The highest BCUT2D eigenvalue weighted by Gasteiger charge is 2.21. The van der Waals surface area contributed by atoms with Gasteiger partial charge in [0, 0.05) is 12.8 Å². The summed E-state index contributed by atoms with van der Waals surface area (Å²) in [6.07, 6.45) is 32.6. The zero-order valence-electron chi connectivity index (χ0n) is 33.1. The second kappa shape index (κ2) is 33.6. The molecule has 0 aromatic rings. The van der Waals surface area contributed by atoms with Crippen LogP contribution in [-0.4, -0.2) is 70.0 Å². The quantitative estimate of drug-likeness (QED) is 0.0204. The van der Waals surface area contributed by atoms with E-state index < -0.39 is 26.5 Å². The van der Waals surface area contributed by atoms with Gasteiger partial charge in [-0.1, -0.05) is 142 Å². The molecule has 0 aliphatic rings. The van der Waals surface area contributed by atoms with Crippen molar-refractivity contribution >= 4 is 19.8 Å². The highest BCUT2D eigenvalue weighted by Crippen LogP contribution is 2.38. The third-order valence-corrected chi connectivity index (χ3v) is 9.75. The van der Waals surface area contributed by atoms with Crippen LogP contribution >= 0.6 is 7.82 Å². The normalized spacial score (nSPS) is 13.8. The van der Waals surface area contributed by atoms with E-state index in [2.05, 4.69) is 26.0 Å². The molecule has 0 aliphatic carbocycles. The summed E-state index contributed by atoms with van der Waals surface area (Å²) >= 11 is 0. The molecule has 0 aliphatic heterocycles. The zero-order valence-corrected chi connectivity index (χ0v) is 34.0. The molecule has 0 saturated carbocycles. The van der Waals surface area contributed by atoms with Crippen molar-refractivity contribution < 1.29 is 42.1 Å². The molecule has 0 radical (unpaired) electrons. The molecule has 0 heterocycles. The first-order valence-corrected chi connectivity index (χ1v) is 21.9. The summed E-state index contributed by atoms with van der Waals surface area (Å²) < 4.78 is 33.7. The summed E-state index contributed by atoms with van der Waals surface area (Å²) in [5.74, 6) is -0.839. The average molecular weight is 732 g/mol. The van der Waals surface area contributed by atoms with E-state index in [0.717, 1.165) is 38.5 Å². The van der Waals surface area contributed by atoms with Crippen molar-refractivity contribution in [2.75, 3.05) is 47.5 Å². The minimum atomic E-state index is -4.61. The molecular formula is C40H78NO8P. The highest BCUT2D eigenvalue weighted by molar-refractivity contribution is 7.45. The Bertz CT molecular complexity index is 876. The van der Waals surface area contributed by atoms with Crippen molar-refractivity contribution in [2.45, 2.75) is 187 Å². The van der Waals surface area contributed by atoms with E-state index in [9.17, 15) is 19.0 Å². The fourth-order valence-electron chi connectivity index (χ4n) is 5.53. The van der Waals surface area contributed by atoms with Gasteiger partial charge in [0.25, 0.3) is 7.82 Å². The Morgan fingerprint density at radius 2 is 1.02 bits per heavy atom. The number of rotatable bonds is 37. The second-order valence-electron chi connectivity index (χ2n) is 15.0. The monoisotopic (exact) mass is 732 g/mol. The molecule has 0 saturated heterocycles. The predicted molar refractivity (Wildman–Crippen MR) is 204 cm³/mol. The minimum Gasteiger partial charge on any atom is -0.756 e. The first-order valence-electron chi connectivity index (χ1n) is 20.4. The van der Waals surface area contributed by atoms with Gasteiger partial charge in [0.05, 0.1) is 27.7 Å². The smallest absolute Gasteiger partial charge is 0.306 e. The van der Waals surface area contributed by atoms with Gasteiger partial charge in [-0.3, -0.25) is 14.2 Å². The molecule has 50 heavy (non-hydrogen) atoms. The van der Waals surface area contributed by atoms with Crippen molar-refractivity contribution in [3.05, 3.63) is 12.2 Å². The third-order valence-electron chi connectivity index (χ3n) is 8.79. The number of nitrogens with zero attached hydrogens (tertiary/aromatic N) is 1. The van der Waals surface area contributed by atoms with Gasteiger partial charge in [0.15, 0.2) is 6.10 Å². The Morgan fingerprint density at radius 3 is 1.48 bits per heavy atom. The van der Waals surface area contributed by atoms with Crippen LogP contribution < -0.4 is 4.89 Å². The maximum Gasteiger partial charge on any atom is 0.306 e. The minimum absolute atomic E-state index is 0.0285. The lowest BCUT2D eigenvalue weighted by Crippen LogP contribution is -2.37. The third kappa shape index (κ3) is 36.5. The van der Waals surface area contributed by atoms with Crippen LogP contribution in [0.4, 0.5) is 0 Å². The number of phosphoric ester groups is 1. The molecule has 10 heteroatoms. The van der Waals surface area contributed by atoms with Gasteiger partial charge < -0.3 is 27.9 Å². The Kier molecular flexibility index (Phi) is 32.7. The number of hydrogen-bond acceptors (Lipinski definition) is 8. The highest BCUT2D eigenvalue weighted by atomic mass is 31.2. The van der Waals surface area contributed by atoms with Gasteiger partial charge in [-0.05, 0) is 38.5 Å². The standard InChI is InChI=1S/C40H78NO8P/c1-6-8-10-12-14-15-16-17-18-19-20-21-22-23-24-25-27-28-30-32-39(42)46-36-38(37-48-50(44,45)47-35-34-41(3,4)5)49-40(43)33-31-29-26-13-11-9-7-2/h17-18,38H,6-16,19-37H2,1-5H3/b18-17+/t38-/m0/s1. The van der Waals surface area contributed by atoms with Gasteiger partial charge in [-0.2, -0.15) is 0 Å². The van der Waals surface area contributed by atoms with Crippen LogP contribution in [0.1, 0.15) is 181 Å². The molecule has 0 aromatic heterocycles. The number of quaternary nitrogens is 1. The first-order chi connectivity index (χ1) is 24.0. The zero-order chi connectivity index (χ0) is 37.2. The number of esters is 2. The van der Waals surface area contributed by atoms with Crippen LogP contribution in [0.25, 0.3) is 0 Å². The summed E-state index contributed by atoms with van der Waals surface area (Å²) in [7, 11) is 1.17. The summed E-state index contributed by atoms with van der Waals surface area (Å²) in [6, 6.07) is 0. The van der Waals surface area contributed by atoms with E-state index in [4.69, 9.17) is 18.5 Å². The van der Waals surface area contributed by atoms with Crippen LogP contribution in [0, 0.1) is 0 Å². The summed E-state index contributed by atoms with van der Waals surface area (Å²) in [5.41, 5.74) is 0. The fourth-order valence-corrected chi connectivity index (χ4v) is 6.26. The van der Waals surface area contributed by atoms with Gasteiger partial charge >= 0.3 is 11.9 Å². The summed E-state index contributed by atoms with van der Waals surface area (Å²) in [6.45, 7) is 4.17. The topological polar surface area (TPSA) is 111 Å². The second-order valence-corrected chi connectivity index (χ2v) is 16.4. The van der Waals surface area contributed by atoms with Crippen LogP contribution in [0.15, 0.2) is 12.2 Å². The van der Waals surface area contributed by atoms with Gasteiger partial charge in [-0.25, -0.2) is 0 Å². The van der Waals surface area contributed by atoms with Crippen molar-refractivity contribution in [3.8, 4) is 0 Å². The Labute approximate surface area is 307 Å². The van der Waals surface area contributed by atoms with Crippen LogP contribution in [0.2, 0.25) is 0 Å². The summed E-state index contributed by atoms with van der Waals surface area (Å²) in [5, 5.41) is 0. The van der Waals surface area contributed by atoms with E-state index in [1.807, 2.05) is 21.1 Å². The molecule has 2 atom stereocenters. The molecule has 0 spiro atoms. The molecule has 0 aromatic carbocycles. The van der Waals surface area contributed by atoms with E-state index in [-0.39, 0.29) is 32.0 Å². The van der Waals surface area contributed by atoms with Crippen molar-refractivity contribution in [1.82, 2.24) is 0 Å². The number of likely N-dealkylation sites (N-methyl/N-ethyl adjacent to an activating group) is 1. The van der Waals surface area contributed by atoms with E-state index in [1.165, 1.54) is 109 Å². The lowest BCUT2D eigenvalue weighted by atomic mass is 10.1. The number of ether oxygens (including phenoxy) is 2.